The van der Waals surface area contributed by atoms with Crippen molar-refractivity contribution in [3.8, 4) is 0 Å². The van der Waals surface area contributed by atoms with Crippen LogP contribution in [0.4, 0.5) is 0 Å². The highest BCUT2D eigenvalue weighted by Gasteiger charge is 1.97. The fourth-order valence-electron chi connectivity index (χ4n) is 0.0745. The summed E-state index contributed by atoms with van der Waals surface area (Å²) in [7, 11) is -1.60. The van der Waals surface area contributed by atoms with Crippen LogP contribution in [0.25, 0.3) is 0 Å². The van der Waals surface area contributed by atoms with Crippen LogP contribution in [0.1, 0.15) is 0 Å². The predicted octanol–water partition coefficient (Wildman–Crippen LogP) is 0.0389. The zero-order chi connectivity index (χ0) is 5.70. The van der Waals surface area contributed by atoms with Crippen LogP contribution in [0.3, 0.4) is 0 Å². The molecule has 0 spiro atoms. The molecule has 0 saturated heterocycles. The van der Waals surface area contributed by atoms with Crippen LogP contribution in [-0.4, -0.2) is 18.1 Å². The van der Waals surface area contributed by atoms with Gasteiger partial charge in [-0.3, -0.25) is 14.4 Å². The maximum Gasteiger partial charge on any atom is 0.156 e. The van der Waals surface area contributed by atoms with Gasteiger partial charge in [0.2, 0.25) is 0 Å². The van der Waals surface area contributed by atoms with Gasteiger partial charge in [-0.1, -0.05) is 0 Å². The number of hydrogen-bond acceptors (Lipinski definition) is 3. The van der Waals surface area contributed by atoms with Crippen molar-refractivity contribution >= 4 is 26.0 Å². The molecule has 7 heavy (non-hydrogen) atoms. The van der Waals surface area contributed by atoms with Crippen molar-refractivity contribution in [2.24, 2.45) is 0 Å². The van der Waals surface area contributed by atoms with Crippen molar-refractivity contribution in [1.82, 2.24) is 0 Å². The van der Waals surface area contributed by atoms with Crippen LogP contribution in [0.15, 0.2) is 0 Å². The highest BCUT2D eigenvalue weighted by molar-refractivity contribution is 7.96. The van der Waals surface area contributed by atoms with Crippen LogP contribution < -0.4 is 0 Å². The lowest BCUT2D eigenvalue weighted by Gasteiger charge is -1.78. The molecule has 0 aliphatic carbocycles. The van der Waals surface area contributed by atoms with E-state index >= 15 is 0 Å². The standard InChI is InChI=1S/C3H3O3P/c4-1-7(2-5)3-6/h1-3H. The van der Waals surface area contributed by atoms with Gasteiger partial charge in [0.1, 0.15) is 0 Å². The van der Waals surface area contributed by atoms with E-state index in [1.807, 2.05) is 0 Å². The molecule has 0 aliphatic rings. The summed E-state index contributed by atoms with van der Waals surface area (Å²) in [6.07, 6.45) is 0. The third-order valence-electron chi connectivity index (χ3n) is 0.365. The smallest absolute Gasteiger partial charge is 0.156 e. The Morgan fingerprint density at radius 1 is 0.857 bits per heavy atom. The molecule has 4 heteroatoms. The second-order valence-electron chi connectivity index (χ2n) is 0.763. The first-order chi connectivity index (χ1) is 3.35. The highest BCUT2D eigenvalue weighted by Crippen LogP contribution is 2.19. The monoisotopic (exact) mass is 118 g/mol. The number of carbonyl (C=O) groups is 3. The minimum Gasteiger partial charge on any atom is -0.297 e. The van der Waals surface area contributed by atoms with E-state index in [2.05, 4.69) is 0 Å². The Morgan fingerprint density at radius 3 is 1.14 bits per heavy atom. The minimum absolute atomic E-state index is 0.356. The average Bonchev–Trinajstić information content (AvgIpc) is 1.72. The molecule has 0 saturated carbocycles. The second-order valence-corrected chi connectivity index (χ2v) is 2.29. The maximum atomic E-state index is 9.53. The van der Waals surface area contributed by atoms with E-state index in [9.17, 15) is 14.4 Å². The minimum atomic E-state index is -1.60. The van der Waals surface area contributed by atoms with Crippen molar-refractivity contribution < 1.29 is 14.4 Å². The molecule has 38 valence electrons. The fourth-order valence-corrected chi connectivity index (χ4v) is 0.224. The molecular formula is C3H3O3P. The largest absolute Gasteiger partial charge is 0.297 e. The molecule has 0 aromatic carbocycles. The molecule has 0 radical (unpaired) electrons. The summed E-state index contributed by atoms with van der Waals surface area (Å²) in [5, 5.41) is 0. The predicted molar refractivity (Wildman–Crippen MR) is 27.2 cm³/mol. The van der Waals surface area contributed by atoms with E-state index in [0.29, 0.717) is 18.1 Å². The van der Waals surface area contributed by atoms with Crippen molar-refractivity contribution in [3.05, 3.63) is 0 Å². The van der Waals surface area contributed by atoms with Gasteiger partial charge < -0.3 is 0 Å². The molecule has 0 heterocycles. The summed E-state index contributed by atoms with van der Waals surface area (Å²) >= 11 is 0. The Kier molecular flexibility index (Phi) is 3.33. The lowest BCUT2D eigenvalue weighted by atomic mass is 11.7. The average molecular weight is 118 g/mol. The summed E-state index contributed by atoms with van der Waals surface area (Å²) < 4.78 is 0. The van der Waals surface area contributed by atoms with E-state index in [-0.39, 0.29) is 0 Å². The first kappa shape index (κ1) is 6.44. The molecule has 0 unspecified atom stereocenters. The molecule has 3 nitrogen and oxygen atoms in total. The van der Waals surface area contributed by atoms with Gasteiger partial charge in [0, 0.05) is 0 Å². The van der Waals surface area contributed by atoms with Crippen LogP contribution in [0.5, 0.6) is 0 Å². The zero-order valence-electron chi connectivity index (χ0n) is 3.40. The molecule has 0 fully saturated rings. The Labute approximate surface area is 41.5 Å². The Bertz CT molecular complexity index is 71.2. The van der Waals surface area contributed by atoms with Gasteiger partial charge in [-0.25, -0.2) is 0 Å². The molecular weight excluding hydrogens is 115 g/mol. The summed E-state index contributed by atoms with van der Waals surface area (Å²) in [6, 6.07) is 1.07. The first-order valence-corrected chi connectivity index (χ1v) is 3.03. The maximum absolute atomic E-state index is 9.53. The third kappa shape index (κ3) is 2.18. The van der Waals surface area contributed by atoms with E-state index in [4.69, 9.17) is 0 Å². The van der Waals surface area contributed by atoms with Gasteiger partial charge in [-0.15, -0.1) is 0 Å². The molecule has 0 amide bonds. The quantitative estimate of drug-likeness (QED) is 0.388. The first-order valence-electron chi connectivity index (χ1n) is 1.48. The Balaban J connectivity index is 3.57. The summed E-state index contributed by atoms with van der Waals surface area (Å²) in [4.78, 5) is 28.6. The number of carbonyl (C=O) groups excluding carboxylic acids is 3. The molecule has 0 N–H and O–H groups in total. The van der Waals surface area contributed by atoms with Gasteiger partial charge in [-0.2, -0.15) is 0 Å². The van der Waals surface area contributed by atoms with Crippen molar-refractivity contribution in [1.29, 1.82) is 0 Å². The fraction of sp³-hybridized carbons (Fsp3) is 0. The highest BCUT2D eigenvalue weighted by atomic mass is 31.1. The third-order valence-corrected chi connectivity index (χ3v) is 1.10. The zero-order valence-corrected chi connectivity index (χ0v) is 4.30. The van der Waals surface area contributed by atoms with E-state index < -0.39 is 7.92 Å². The summed E-state index contributed by atoms with van der Waals surface area (Å²) in [6.45, 7) is 0. The topological polar surface area (TPSA) is 51.2 Å². The molecule has 0 aliphatic heterocycles. The number of rotatable bonds is 3. The lowest BCUT2D eigenvalue weighted by molar-refractivity contribution is 0.562. The molecule has 0 atom stereocenters. The van der Waals surface area contributed by atoms with Crippen LogP contribution in [0.2, 0.25) is 0 Å². The van der Waals surface area contributed by atoms with Crippen molar-refractivity contribution in [3.63, 3.8) is 0 Å². The van der Waals surface area contributed by atoms with Crippen LogP contribution in [0, 0.1) is 0 Å². The summed E-state index contributed by atoms with van der Waals surface area (Å²) in [5.74, 6) is 0. The molecule has 0 bridgehead atoms. The van der Waals surface area contributed by atoms with Crippen molar-refractivity contribution in [2.45, 2.75) is 0 Å². The van der Waals surface area contributed by atoms with Crippen molar-refractivity contribution in [2.75, 3.05) is 0 Å². The second kappa shape index (κ2) is 3.62. The normalized spacial score (nSPS) is 8.14. The Hall–Kier alpha value is -0.560. The lowest BCUT2D eigenvalue weighted by Crippen LogP contribution is -1.74. The number of hydrogen-bond donors (Lipinski definition) is 0. The SMILES string of the molecule is O=CP(C=O)C=O. The van der Waals surface area contributed by atoms with Gasteiger partial charge in [0.15, 0.2) is 18.1 Å². The van der Waals surface area contributed by atoms with Crippen LogP contribution in [-0.2, 0) is 14.4 Å². The molecule has 0 rings (SSSR count). The van der Waals surface area contributed by atoms with Gasteiger partial charge in [0.25, 0.3) is 0 Å². The summed E-state index contributed by atoms with van der Waals surface area (Å²) in [5.41, 5.74) is 0. The van der Waals surface area contributed by atoms with Crippen LogP contribution >= 0.6 is 7.92 Å². The van der Waals surface area contributed by atoms with Gasteiger partial charge in [-0.05, 0) is 0 Å². The van der Waals surface area contributed by atoms with Gasteiger partial charge in [0.05, 0.1) is 7.92 Å². The van der Waals surface area contributed by atoms with E-state index in [0.717, 1.165) is 0 Å². The molecule has 0 aromatic heterocycles. The Morgan fingerprint density at radius 2 is 1.14 bits per heavy atom. The molecule has 0 aromatic rings. The van der Waals surface area contributed by atoms with E-state index in [1.165, 1.54) is 0 Å². The van der Waals surface area contributed by atoms with E-state index in [1.54, 1.807) is 0 Å². The van der Waals surface area contributed by atoms with Gasteiger partial charge >= 0.3 is 0 Å².